The number of nitrogens with zero attached hydrogens (tertiary/aromatic N) is 1. The molecule has 2 heteroatoms. The van der Waals surface area contributed by atoms with Crippen LogP contribution < -0.4 is 5.46 Å². The third kappa shape index (κ3) is 2.76. The van der Waals surface area contributed by atoms with Crippen molar-refractivity contribution in [3.8, 4) is 22.4 Å². The Bertz CT molecular complexity index is 960. The summed E-state index contributed by atoms with van der Waals surface area (Å²) in [6.07, 6.45) is 1.82. The van der Waals surface area contributed by atoms with Crippen molar-refractivity contribution in [2.24, 2.45) is 0 Å². The monoisotopic (exact) mass is 291 g/mol. The maximum atomic E-state index is 5.84. The van der Waals surface area contributed by atoms with Crippen LogP contribution in [0.1, 0.15) is 0 Å². The quantitative estimate of drug-likeness (QED) is 0.500. The van der Waals surface area contributed by atoms with Crippen LogP contribution in [0, 0.1) is 0 Å². The van der Waals surface area contributed by atoms with Crippen LogP contribution in [-0.2, 0) is 0 Å². The molecular weight excluding hydrogens is 277 g/mol. The molecule has 3 aromatic carbocycles. The Morgan fingerprint density at radius 2 is 1.30 bits per heavy atom. The van der Waals surface area contributed by atoms with Crippen LogP contribution in [0.3, 0.4) is 0 Å². The average molecular weight is 291 g/mol. The van der Waals surface area contributed by atoms with E-state index in [1.165, 1.54) is 21.9 Å². The zero-order valence-corrected chi connectivity index (χ0v) is 12.6. The SMILES string of the molecule is [B]c1ccc2cc(-c3ccc(-c4ccccn4)cc3)ccc2c1. The number of hydrogen-bond acceptors (Lipinski definition) is 1. The highest BCUT2D eigenvalue weighted by atomic mass is 14.7. The third-order valence-corrected chi connectivity index (χ3v) is 4.04. The molecule has 0 bridgehead atoms. The van der Waals surface area contributed by atoms with Gasteiger partial charge in [-0.05, 0) is 40.1 Å². The normalized spacial score (nSPS) is 10.8. The Kier molecular flexibility index (Phi) is 3.43. The van der Waals surface area contributed by atoms with E-state index < -0.39 is 0 Å². The number of rotatable bonds is 2. The van der Waals surface area contributed by atoms with Gasteiger partial charge in [0, 0.05) is 11.8 Å². The van der Waals surface area contributed by atoms with Crippen LogP contribution in [0.5, 0.6) is 0 Å². The zero-order chi connectivity index (χ0) is 15.6. The lowest BCUT2D eigenvalue weighted by Gasteiger charge is -2.07. The van der Waals surface area contributed by atoms with Gasteiger partial charge in [0.1, 0.15) is 7.85 Å². The fraction of sp³-hybridized carbons (Fsp3) is 0. The van der Waals surface area contributed by atoms with Crippen molar-refractivity contribution >= 4 is 24.1 Å². The van der Waals surface area contributed by atoms with Crippen molar-refractivity contribution in [3.63, 3.8) is 0 Å². The van der Waals surface area contributed by atoms with Crippen LogP contribution >= 0.6 is 0 Å². The third-order valence-electron chi connectivity index (χ3n) is 4.04. The Hall–Kier alpha value is -2.87. The molecule has 0 spiro atoms. The number of fused-ring (bicyclic) bond motifs is 1. The molecule has 0 aliphatic rings. The molecule has 0 amide bonds. The second-order valence-electron chi connectivity index (χ2n) is 5.61. The number of hydrogen-bond donors (Lipinski definition) is 0. The first-order chi connectivity index (χ1) is 11.3. The van der Waals surface area contributed by atoms with Gasteiger partial charge < -0.3 is 0 Å². The standard InChI is InChI=1S/C21H14BN/c22-20-11-10-18-13-17(8-9-19(18)14-20)15-4-6-16(7-5-15)21-3-1-2-12-23-21/h1-14H. The van der Waals surface area contributed by atoms with Gasteiger partial charge in [-0.1, -0.05) is 66.1 Å². The molecule has 0 fully saturated rings. The summed E-state index contributed by atoms with van der Waals surface area (Å²) >= 11 is 0. The predicted octanol–water partition coefficient (Wildman–Crippen LogP) is 4.36. The molecule has 0 aliphatic carbocycles. The number of benzene rings is 3. The van der Waals surface area contributed by atoms with E-state index >= 15 is 0 Å². The highest BCUT2D eigenvalue weighted by Gasteiger charge is 2.02. The van der Waals surface area contributed by atoms with Gasteiger partial charge in [0.15, 0.2) is 0 Å². The predicted molar refractivity (Wildman–Crippen MR) is 98.0 cm³/mol. The van der Waals surface area contributed by atoms with Gasteiger partial charge in [-0.3, -0.25) is 4.98 Å². The van der Waals surface area contributed by atoms with Crippen LogP contribution in [0.4, 0.5) is 0 Å². The molecule has 1 heterocycles. The molecule has 4 rings (SSSR count). The van der Waals surface area contributed by atoms with Crippen LogP contribution in [0.25, 0.3) is 33.2 Å². The van der Waals surface area contributed by atoms with E-state index in [1.807, 2.05) is 36.5 Å². The van der Waals surface area contributed by atoms with Gasteiger partial charge in [-0.25, -0.2) is 0 Å². The fourth-order valence-electron chi connectivity index (χ4n) is 2.81. The lowest BCUT2D eigenvalue weighted by atomic mass is 9.92. The second-order valence-corrected chi connectivity index (χ2v) is 5.61. The summed E-state index contributed by atoms with van der Waals surface area (Å²) in [4.78, 5) is 4.39. The van der Waals surface area contributed by atoms with Gasteiger partial charge >= 0.3 is 0 Å². The van der Waals surface area contributed by atoms with E-state index in [1.54, 1.807) is 0 Å². The Morgan fingerprint density at radius 3 is 2.09 bits per heavy atom. The van der Waals surface area contributed by atoms with Crippen LogP contribution in [0.2, 0.25) is 0 Å². The minimum Gasteiger partial charge on any atom is -0.256 e. The summed E-state index contributed by atoms with van der Waals surface area (Å²) in [6.45, 7) is 0. The molecule has 4 aromatic rings. The van der Waals surface area contributed by atoms with Crippen molar-refractivity contribution in [1.29, 1.82) is 0 Å². The van der Waals surface area contributed by atoms with Gasteiger partial charge in [0.2, 0.25) is 0 Å². The molecular formula is C21H14BN. The zero-order valence-electron chi connectivity index (χ0n) is 12.6. The molecule has 0 N–H and O–H groups in total. The van der Waals surface area contributed by atoms with Gasteiger partial charge in [-0.2, -0.15) is 0 Å². The van der Waals surface area contributed by atoms with E-state index in [-0.39, 0.29) is 0 Å². The number of pyridine rings is 1. The number of aromatic nitrogens is 1. The summed E-state index contributed by atoms with van der Waals surface area (Å²) < 4.78 is 0. The minimum atomic E-state index is 0.796. The molecule has 1 nitrogen and oxygen atoms in total. The summed E-state index contributed by atoms with van der Waals surface area (Å²) in [7, 11) is 5.84. The second kappa shape index (κ2) is 5.73. The Labute approximate surface area is 137 Å². The molecule has 0 aliphatic heterocycles. The van der Waals surface area contributed by atoms with E-state index in [9.17, 15) is 0 Å². The topological polar surface area (TPSA) is 12.9 Å². The maximum absolute atomic E-state index is 5.84. The van der Waals surface area contributed by atoms with Crippen molar-refractivity contribution in [2.75, 3.05) is 0 Å². The molecule has 1 aromatic heterocycles. The van der Waals surface area contributed by atoms with Crippen molar-refractivity contribution < 1.29 is 0 Å². The summed E-state index contributed by atoms with van der Waals surface area (Å²) in [6, 6.07) is 26.9. The summed E-state index contributed by atoms with van der Waals surface area (Å²) in [5.74, 6) is 0. The first-order valence-corrected chi connectivity index (χ1v) is 7.61. The van der Waals surface area contributed by atoms with E-state index in [0.29, 0.717) is 0 Å². The first-order valence-electron chi connectivity index (χ1n) is 7.61. The molecule has 0 saturated heterocycles. The lowest BCUT2D eigenvalue weighted by molar-refractivity contribution is 1.33. The highest BCUT2D eigenvalue weighted by Crippen LogP contribution is 2.26. The first kappa shape index (κ1) is 13.8. The molecule has 2 radical (unpaired) electrons. The fourth-order valence-corrected chi connectivity index (χ4v) is 2.81. The van der Waals surface area contributed by atoms with E-state index in [2.05, 4.69) is 53.5 Å². The van der Waals surface area contributed by atoms with Crippen molar-refractivity contribution in [1.82, 2.24) is 4.98 Å². The van der Waals surface area contributed by atoms with Crippen LogP contribution in [-0.4, -0.2) is 12.8 Å². The average Bonchev–Trinajstić information content (AvgIpc) is 2.62. The molecule has 23 heavy (non-hydrogen) atoms. The van der Waals surface area contributed by atoms with Gasteiger partial charge in [-0.15, -0.1) is 0 Å². The van der Waals surface area contributed by atoms with Gasteiger partial charge in [0.25, 0.3) is 0 Å². The van der Waals surface area contributed by atoms with Crippen molar-refractivity contribution in [3.05, 3.63) is 85.1 Å². The Morgan fingerprint density at radius 1 is 0.609 bits per heavy atom. The lowest BCUT2D eigenvalue weighted by Crippen LogP contribution is -1.99. The maximum Gasteiger partial charge on any atom is 0.113 e. The summed E-state index contributed by atoms with van der Waals surface area (Å²) in [5, 5.41) is 2.37. The molecule has 0 atom stereocenters. The minimum absolute atomic E-state index is 0.796. The van der Waals surface area contributed by atoms with Crippen molar-refractivity contribution in [2.45, 2.75) is 0 Å². The smallest absolute Gasteiger partial charge is 0.113 e. The largest absolute Gasteiger partial charge is 0.256 e. The van der Waals surface area contributed by atoms with E-state index in [4.69, 9.17) is 7.85 Å². The molecule has 0 unspecified atom stereocenters. The summed E-state index contributed by atoms with van der Waals surface area (Å²) in [5.41, 5.74) is 5.32. The highest BCUT2D eigenvalue weighted by molar-refractivity contribution is 6.33. The van der Waals surface area contributed by atoms with Crippen LogP contribution in [0.15, 0.2) is 85.1 Å². The van der Waals surface area contributed by atoms with Gasteiger partial charge in [0.05, 0.1) is 5.69 Å². The molecule has 0 saturated carbocycles. The molecule has 106 valence electrons. The van der Waals surface area contributed by atoms with E-state index in [0.717, 1.165) is 16.7 Å². The Balaban J connectivity index is 1.72.